The molecule has 5 rings (SSSR count). The molecule has 0 radical (unpaired) electrons. The fourth-order valence-corrected chi connectivity index (χ4v) is 4.81. The van der Waals surface area contributed by atoms with E-state index in [1.165, 1.54) is 6.07 Å². The molecular formula is C29H28N4O4. The van der Waals surface area contributed by atoms with Gasteiger partial charge in [0.15, 0.2) is 5.75 Å². The van der Waals surface area contributed by atoms with E-state index < -0.39 is 17.1 Å². The van der Waals surface area contributed by atoms with Gasteiger partial charge in [-0.25, -0.2) is 0 Å². The van der Waals surface area contributed by atoms with Gasteiger partial charge in [0, 0.05) is 41.8 Å². The molecule has 0 saturated carbocycles. The summed E-state index contributed by atoms with van der Waals surface area (Å²) in [7, 11) is 0. The normalized spacial score (nSPS) is 13.5. The molecule has 3 aromatic carbocycles. The van der Waals surface area contributed by atoms with E-state index in [4.69, 9.17) is 5.73 Å². The van der Waals surface area contributed by atoms with Crippen molar-refractivity contribution in [2.45, 2.75) is 25.8 Å². The molecule has 1 aliphatic rings. The Bertz CT molecular complexity index is 1540. The highest BCUT2D eigenvalue weighted by molar-refractivity contribution is 6.01. The third-order valence-corrected chi connectivity index (χ3v) is 6.78. The van der Waals surface area contributed by atoms with Gasteiger partial charge >= 0.3 is 0 Å². The molecule has 1 fully saturated rings. The smallest absolute Gasteiger partial charge is 0.251 e. The summed E-state index contributed by atoms with van der Waals surface area (Å²) in [5.74, 6) is -1.33. The van der Waals surface area contributed by atoms with Crippen LogP contribution in [0.25, 0.3) is 22.2 Å². The molecule has 1 aromatic heterocycles. The molecule has 37 heavy (non-hydrogen) atoms. The number of pyridine rings is 1. The van der Waals surface area contributed by atoms with Crippen LogP contribution in [0, 0.1) is 0 Å². The summed E-state index contributed by atoms with van der Waals surface area (Å²) >= 11 is 0. The topological polar surface area (TPSA) is 129 Å². The first-order valence-corrected chi connectivity index (χ1v) is 12.3. The van der Waals surface area contributed by atoms with Gasteiger partial charge in [-0.1, -0.05) is 36.4 Å². The molecule has 8 heteroatoms. The van der Waals surface area contributed by atoms with Crippen LogP contribution < -0.4 is 21.4 Å². The van der Waals surface area contributed by atoms with E-state index in [1.54, 1.807) is 30.3 Å². The predicted octanol–water partition coefficient (Wildman–Crippen LogP) is 3.92. The number of carbonyl (C=O) groups is 2. The maximum absolute atomic E-state index is 13.0. The molecule has 0 atom stereocenters. The van der Waals surface area contributed by atoms with Gasteiger partial charge in [0.05, 0.1) is 16.8 Å². The third kappa shape index (κ3) is 4.91. The van der Waals surface area contributed by atoms with E-state index in [9.17, 15) is 19.5 Å². The number of hydrogen-bond donors (Lipinski definition) is 4. The van der Waals surface area contributed by atoms with Crippen molar-refractivity contribution < 1.29 is 14.7 Å². The zero-order valence-corrected chi connectivity index (χ0v) is 20.3. The van der Waals surface area contributed by atoms with Crippen molar-refractivity contribution in [1.29, 1.82) is 0 Å². The highest BCUT2D eigenvalue weighted by Gasteiger charge is 2.20. The summed E-state index contributed by atoms with van der Waals surface area (Å²) in [5.41, 5.74) is 8.55. The predicted molar refractivity (Wildman–Crippen MR) is 144 cm³/mol. The average molecular weight is 497 g/mol. The second kappa shape index (κ2) is 10.2. The van der Waals surface area contributed by atoms with Crippen LogP contribution in [0.15, 0.2) is 71.5 Å². The molecule has 0 bridgehead atoms. The summed E-state index contributed by atoms with van der Waals surface area (Å²) in [6, 6.07) is 19.4. The first-order chi connectivity index (χ1) is 17.9. The van der Waals surface area contributed by atoms with E-state index >= 15 is 0 Å². The summed E-state index contributed by atoms with van der Waals surface area (Å²) < 4.78 is 0. The number of nitrogens with zero attached hydrogens (tertiary/aromatic N) is 1. The Morgan fingerprint density at radius 2 is 1.73 bits per heavy atom. The number of hydrogen-bond acceptors (Lipinski definition) is 5. The van der Waals surface area contributed by atoms with E-state index in [-0.39, 0.29) is 17.0 Å². The van der Waals surface area contributed by atoms with Gasteiger partial charge in [-0.05, 0) is 55.2 Å². The van der Waals surface area contributed by atoms with Crippen LogP contribution in [0.3, 0.4) is 0 Å². The maximum Gasteiger partial charge on any atom is 0.251 e. The Morgan fingerprint density at radius 1 is 0.973 bits per heavy atom. The molecule has 2 amide bonds. The van der Waals surface area contributed by atoms with Crippen molar-refractivity contribution in [2.75, 3.05) is 18.0 Å². The fourth-order valence-electron chi connectivity index (χ4n) is 4.81. The van der Waals surface area contributed by atoms with Gasteiger partial charge < -0.3 is 26.0 Å². The summed E-state index contributed by atoms with van der Waals surface area (Å²) in [4.78, 5) is 43.3. The van der Waals surface area contributed by atoms with Crippen molar-refractivity contribution in [3.05, 3.63) is 93.6 Å². The number of carbonyl (C=O) groups excluding carboxylic acids is 2. The van der Waals surface area contributed by atoms with Gasteiger partial charge in [-0.3, -0.25) is 14.4 Å². The number of aromatic amines is 1. The molecule has 5 N–H and O–H groups in total. The molecule has 8 nitrogen and oxygen atoms in total. The van der Waals surface area contributed by atoms with E-state index in [0.717, 1.165) is 43.6 Å². The number of aromatic hydroxyl groups is 1. The second-order valence-corrected chi connectivity index (χ2v) is 9.25. The lowest BCUT2D eigenvalue weighted by atomic mass is 10.0. The zero-order valence-electron chi connectivity index (χ0n) is 20.3. The number of aromatic nitrogens is 1. The summed E-state index contributed by atoms with van der Waals surface area (Å²) in [5, 5.41) is 13.9. The average Bonchev–Trinajstić information content (AvgIpc) is 2.94. The van der Waals surface area contributed by atoms with Gasteiger partial charge in [-0.2, -0.15) is 0 Å². The Hall–Kier alpha value is -4.59. The van der Waals surface area contributed by atoms with E-state index in [2.05, 4.69) is 15.2 Å². The number of piperidine rings is 1. The van der Waals surface area contributed by atoms with Crippen LogP contribution >= 0.6 is 0 Å². The Balaban J connectivity index is 1.50. The second-order valence-electron chi connectivity index (χ2n) is 9.25. The molecule has 0 unspecified atom stereocenters. The maximum atomic E-state index is 13.0. The van der Waals surface area contributed by atoms with Crippen LogP contribution in [0.2, 0.25) is 0 Å². The fraction of sp³-hybridized carbons (Fsp3) is 0.207. The van der Waals surface area contributed by atoms with Gasteiger partial charge in [0.1, 0.15) is 0 Å². The van der Waals surface area contributed by atoms with Crippen molar-refractivity contribution in [3.8, 4) is 17.0 Å². The number of primary amides is 1. The van der Waals surface area contributed by atoms with Crippen molar-refractivity contribution in [2.24, 2.45) is 5.73 Å². The lowest BCUT2D eigenvalue weighted by molar-refractivity contribution is 0.0949. The third-order valence-electron chi connectivity index (χ3n) is 6.78. The molecule has 1 aliphatic heterocycles. The van der Waals surface area contributed by atoms with Crippen LogP contribution in [0.4, 0.5) is 5.69 Å². The molecule has 1 saturated heterocycles. The Kier molecular flexibility index (Phi) is 6.64. The van der Waals surface area contributed by atoms with Gasteiger partial charge in [-0.15, -0.1) is 0 Å². The lowest BCUT2D eigenvalue weighted by Gasteiger charge is -2.30. The first kappa shape index (κ1) is 24.1. The number of anilines is 1. The van der Waals surface area contributed by atoms with E-state index in [0.29, 0.717) is 28.8 Å². The highest BCUT2D eigenvalue weighted by atomic mass is 16.3. The van der Waals surface area contributed by atoms with Crippen molar-refractivity contribution >= 4 is 28.4 Å². The minimum absolute atomic E-state index is 0.159. The molecule has 0 spiro atoms. The molecular weight excluding hydrogens is 468 g/mol. The molecule has 0 aliphatic carbocycles. The number of fused-ring (bicyclic) bond motifs is 1. The number of H-pyrrole nitrogens is 1. The Morgan fingerprint density at radius 3 is 2.46 bits per heavy atom. The lowest BCUT2D eigenvalue weighted by Crippen LogP contribution is -2.31. The SMILES string of the molecule is NC(=O)c1cc(-c2[nH]c3cc(C(=O)NCc4ccccc4)ccc3c(=O)c2O)ccc1N1CCCCC1. The monoisotopic (exact) mass is 496 g/mol. The number of nitrogens with two attached hydrogens (primary N) is 1. The minimum Gasteiger partial charge on any atom is -0.503 e. The molecule has 188 valence electrons. The van der Waals surface area contributed by atoms with Gasteiger partial charge in [0.2, 0.25) is 5.43 Å². The highest BCUT2D eigenvalue weighted by Crippen LogP contribution is 2.32. The summed E-state index contributed by atoms with van der Waals surface area (Å²) in [6.07, 6.45) is 3.24. The van der Waals surface area contributed by atoms with Crippen LogP contribution in [-0.4, -0.2) is 35.0 Å². The van der Waals surface area contributed by atoms with Crippen LogP contribution in [0.5, 0.6) is 5.75 Å². The van der Waals surface area contributed by atoms with E-state index in [1.807, 2.05) is 30.3 Å². The van der Waals surface area contributed by atoms with Crippen LogP contribution in [0.1, 0.15) is 45.5 Å². The number of rotatable bonds is 6. The van der Waals surface area contributed by atoms with Crippen molar-refractivity contribution in [1.82, 2.24) is 10.3 Å². The number of benzene rings is 3. The Labute approximate surface area is 213 Å². The number of nitrogens with one attached hydrogen (secondary N) is 2. The zero-order chi connectivity index (χ0) is 25.9. The number of amides is 2. The quantitative estimate of drug-likeness (QED) is 0.322. The largest absolute Gasteiger partial charge is 0.503 e. The summed E-state index contributed by atoms with van der Waals surface area (Å²) in [6.45, 7) is 2.05. The molecule has 4 aromatic rings. The minimum atomic E-state index is -0.581. The first-order valence-electron chi connectivity index (χ1n) is 12.3. The van der Waals surface area contributed by atoms with Crippen LogP contribution in [-0.2, 0) is 6.54 Å². The van der Waals surface area contributed by atoms with Crippen molar-refractivity contribution in [3.63, 3.8) is 0 Å². The standard InChI is InChI=1S/C29H28N4O4/c30-28(36)22-15-19(10-12-24(22)33-13-5-2-6-14-33)25-27(35)26(34)21-11-9-20(16-23(21)32-25)29(37)31-17-18-7-3-1-4-8-18/h1,3-4,7-12,15-16,35H,2,5-6,13-14,17H2,(H2,30,36)(H,31,37)(H,32,34). The molecule has 2 heterocycles. The van der Waals surface area contributed by atoms with Gasteiger partial charge in [0.25, 0.3) is 11.8 Å².